The zero-order valence-corrected chi connectivity index (χ0v) is 19.7. The number of nitrogens with zero attached hydrogens (tertiary/aromatic N) is 1. The molecule has 0 spiro atoms. The molecule has 1 saturated heterocycles. The molecule has 0 saturated carbocycles. The molecule has 1 atom stereocenters. The second-order valence-electron chi connectivity index (χ2n) is 8.52. The van der Waals surface area contributed by atoms with Gasteiger partial charge in [-0.1, -0.05) is 63.6 Å². The van der Waals surface area contributed by atoms with Gasteiger partial charge in [-0.2, -0.15) is 0 Å². The number of carboxylic acids is 1. The fraction of sp³-hybridized carbons (Fsp3) is 0.708. The largest absolute Gasteiger partial charge is 0.492 e. The van der Waals surface area contributed by atoms with E-state index in [2.05, 4.69) is 11.8 Å². The van der Waals surface area contributed by atoms with Gasteiger partial charge in [-0.05, 0) is 44.0 Å². The van der Waals surface area contributed by atoms with Gasteiger partial charge in [-0.15, -0.1) is 0 Å². The number of ether oxygens (including phenoxy) is 1. The normalized spacial score (nSPS) is 16.2. The number of hydrogen-bond acceptors (Lipinski definition) is 5. The molecule has 0 aromatic heterocycles. The zero-order chi connectivity index (χ0) is 22.5. The van der Waals surface area contributed by atoms with Gasteiger partial charge in [-0.3, -0.25) is 9.69 Å². The first-order chi connectivity index (χ1) is 14.9. The third kappa shape index (κ3) is 9.19. The van der Waals surface area contributed by atoms with Crippen LogP contribution in [0.3, 0.4) is 0 Å². The molecule has 0 aliphatic carbocycles. The summed E-state index contributed by atoms with van der Waals surface area (Å²) in [6, 6.07) is 7.20. The molecule has 0 radical (unpaired) electrons. The Hall–Kier alpha value is -1.60. The van der Waals surface area contributed by atoms with Gasteiger partial charge < -0.3 is 9.84 Å². The molecule has 2 rings (SSSR count). The van der Waals surface area contributed by atoms with Gasteiger partial charge in [0.05, 0.1) is 5.75 Å². The van der Waals surface area contributed by atoms with E-state index in [-0.39, 0.29) is 12.2 Å². The highest BCUT2D eigenvalue weighted by atomic mass is 32.2. The summed E-state index contributed by atoms with van der Waals surface area (Å²) in [6.07, 6.45) is 9.37. The second-order valence-corrected chi connectivity index (χ2v) is 10.8. The highest BCUT2D eigenvalue weighted by Gasteiger charge is 2.33. The number of unbranched alkanes of at least 4 members (excludes halogenated alkanes) is 5. The average molecular weight is 454 g/mol. The first-order valence-corrected chi connectivity index (χ1v) is 13.5. The Morgan fingerprint density at radius 1 is 1.06 bits per heavy atom. The fourth-order valence-electron chi connectivity index (χ4n) is 4.07. The molecular formula is C24H39NO5S. The third-order valence-corrected chi connectivity index (χ3v) is 8.08. The van der Waals surface area contributed by atoms with Crippen molar-refractivity contribution in [2.75, 3.05) is 32.0 Å². The number of rotatable bonds is 15. The Morgan fingerprint density at radius 3 is 2.45 bits per heavy atom. The minimum Gasteiger partial charge on any atom is -0.492 e. The monoisotopic (exact) mass is 453 g/mol. The van der Waals surface area contributed by atoms with E-state index in [4.69, 9.17) is 4.74 Å². The topological polar surface area (TPSA) is 83.9 Å². The van der Waals surface area contributed by atoms with Crippen molar-refractivity contribution < 1.29 is 23.1 Å². The van der Waals surface area contributed by atoms with Crippen molar-refractivity contribution in [1.82, 2.24) is 4.90 Å². The Balaban J connectivity index is 1.93. The van der Waals surface area contributed by atoms with Crippen molar-refractivity contribution in [1.29, 1.82) is 0 Å². The number of piperidine rings is 1. The Kier molecular flexibility index (Phi) is 11.4. The third-order valence-electron chi connectivity index (χ3n) is 5.98. The number of sulfone groups is 1. The predicted molar refractivity (Wildman–Crippen MR) is 125 cm³/mol. The number of para-hydroxylation sites is 1. The lowest BCUT2D eigenvalue weighted by molar-refractivity contribution is -0.136. The standard InChI is InChI=1S/C24H39NO5S/c1-2-3-4-5-6-12-19-31(28,29)23(24(26)27)20-21-13-8-9-14-22(21)30-18-17-25-15-10-7-11-16-25/h8-9,13-14,23H,2-7,10-12,15-20H2,1H3,(H,26,27). The van der Waals surface area contributed by atoms with Crippen LogP contribution in [0.25, 0.3) is 0 Å². The summed E-state index contributed by atoms with van der Waals surface area (Å²) in [6.45, 7) is 5.65. The smallest absolute Gasteiger partial charge is 0.322 e. The van der Waals surface area contributed by atoms with Gasteiger partial charge in [0.25, 0.3) is 0 Å². The summed E-state index contributed by atoms with van der Waals surface area (Å²) in [4.78, 5) is 14.2. The number of carbonyl (C=O) groups is 1. The van der Waals surface area contributed by atoms with Gasteiger partial charge in [-0.25, -0.2) is 8.42 Å². The van der Waals surface area contributed by atoms with E-state index < -0.39 is 21.1 Å². The van der Waals surface area contributed by atoms with Crippen molar-refractivity contribution in [2.45, 2.75) is 76.4 Å². The van der Waals surface area contributed by atoms with Crippen molar-refractivity contribution in [3.05, 3.63) is 29.8 Å². The molecule has 0 amide bonds. The van der Waals surface area contributed by atoms with Crippen LogP contribution in [-0.2, 0) is 21.1 Å². The molecule has 1 aromatic carbocycles. The van der Waals surface area contributed by atoms with Crippen LogP contribution in [0.5, 0.6) is 5.75 Å². The van der Waals surface area contributed by atoms with E-state index in [0.29, 0.717) is 24.3 Å². The second kappa shape index (κ2) is 13.7. The molecule has 1 unspecified atom stereocenters. The lowest BCUT2D eigenvalue weighted by atomic mass is 10.1. The maximum absolute atomic E-state index is 12.8. The summed E-state index contributed by atoms with van der Waals surface area (Å²) in [5.41, 5.74) is 0.639. The van der Waals surface area contributed by atoms with E-state index in [1.165, 1.54) is 19.3 Å². The lowest BCUT2D eigenvalue weighted by Crippen LogP contribution is -2.34. The van der Waals surface area contributed by atoms with E-state index >= 15 is 0 Å². The SMILES string of the molecule is CCCCCCCCS(=O)(=O)C(Cc1ccccc1OCCN1CCCCC1)C(=O)O. The molecule has 1 fully saturated rings. The van der Waals surface area contributed by atoms with Crippen LogP contribution in [0.1, 0.15) is 70.3 Å². The summed E-state index contributed by atoms with van der Waals surface area (Å²) in [7, 11) is -3.73. The number of aliphatic carboxylic acids is 1. The highest BCUT2D eigenvalue weighted by Crippen LogP contribution is 2.23. The van der Waals surface area contributed by atoms with Gasteiger partial charge in [0.15, 0.2) is 15.1 Å². The Morgan fingerprint density at radius 2 is 1.74 bits per heavy atom. The molecule has 0 bridgehead atoms. The van der Waals surface area contributed by atoms with E-state index in [1.807, 2.05) is 6.07 Å². The number of hydrogen-bond donors (Lipinski definition) is 1. The van der Waals surface area contributed by atoms with Crippen LogP contribution < -0.4 is 4.74 Å². The van der Waals surface area contributed by atoms with Gasteiger partial charge in [0.1, 0.15) is 12.4 Å². The minimum absolute atomic E-state index is 0.0621. The van der Waals surface area contributed by atoms with Crippen LogP contribution in [-0.4, -0.2) is 61.6 Å². The molecule has 1 heterocycles. The van der Waals surface area contributed by atoms with Crippen molar-refractivity contribution >= 4 is 15.8 Å². The Labute approximate surface area is 187 Å². The molecule has 31 heavy (non-hydrogen) atoms. The Bertz CT molecular complexity index is 759. The highest BCUT2D eigenvalue weighted by molar-refractivity contribution is 7.92. The summed E-state index contributed by atoms with van der Waals surface area (Å²) in [5.74, 6) is -0.775. The van der Waals surface area contributed by atoms with E-state index in [1.54, 1.807) is 18.2 Å². The van der Waals surface area contributed by atoms with E-state index in [0.717, 1.165) is 51.7 Å². The molecule has 6 nitrogen and oxygen atoms in total. The van der Waals surface area contributed by atoms with Crippen molar-refractivity contribution in [2.24, 2.45) is 0 Å². The molecule has 7 heteroatoms. The van der Waals surface area contributed by atoms with Crippen LogP contribution >= 0.6 is 0 Å². The number of benzene rings is 1. The summed E-state index contributed by atoms with van der Waals surface area (Å²) >= 11 is 0. The molecule has 1 aliphatic heterocycles. The molecule has 1 N–H and O–H groups in total. The minimum atomic E-state index is -3.73. The summed E-state index contributed by atoms with van der Waals surface area (Å²) in [5, 5.41) is 8.22. The van der Waals surface area contributed by atoms with E-state index in [9.17, 15) is 18.3 Å². The van der Waals surface area contributed by atoms with Crippen LogP contribution in [0.15, 0.2) is 24.3 Å². The maximum Gasteiger partial charge on any atom is 0.322 e. The van der Waals surface area contributed by atoms with Crippen LogP contribution in [0.4, 0.5) is 0 Å². The van der Waals surface area contributed by atoms with Crippen molar-refractivity contribution in [3.63, 3.8) is 0 Å². The molecule has 1 aliphatic rings. The van der Waals surface area contributed by atoms with Gasteiger partial charge >= 0.3 is 5.97 Å². The van der Waals surface area contributed by atoms with Crippen molar-refractivity contribution in [3.8, 4) is 5.75 Å². The van der Waals surface area contributed by atoms with Gasteiger partial charge in [0.2, 0.25) is 0 Å². The quantitative estimate of drug-likeness (QED) is 0.398. The predicted octanol–water partition coefficient (Wildman–Crippen LogP) is 4.32. The average Bonchev–Trinajstić information content (AvgIpc) is 2.75. The zero-order valence-electron chi connectivity index (χ0n) is 18.9. The fourth-order valence-corrected chi connectivity index (χ4v) is 5.71. The molecular weight excluding hydrogens is 414 g/mol. The van der Waals surface area contributed by atoms with Gasteiger partial charge in [0, 0.05) is 13.0 Å². The number of carboxylic acid groups (broad SMARTS) is 1. The first-order valence-electron chi connectivity index (χ1n) is 11.8. The molecule has 176 valence electrons. The number of likely N-dealkylation sites (tertiary alicyclic amines) is 1. The van der Waals surface area contributed by atoms with Crippen LogP contribution in [0.2, 0.25) is 0 Å². The van der Waals surface area contributed by atoms with Crippen LogP contribution in [0, 0.1) is 0 Å². The molecule has 1 aromatic rings. The summed E-state index contributed by atoms with van der Waals surface area (Å²) < 4.78 is 31.5. The first kappa shape index (κ1) is 25.7. The maximum atomic E-state index is 12.8. The lowest BCUT2D eigenvalue weighted by Gasteiger charge is -2.26.